The van der Waals surface area contributed by atoms with E-state index < -0.39 is 0 Å². The summed E-state index contributed by atoms with van der Waals surface area (Å²) in [6.45, 7) is 7.53. The predicted molar refractivity (Wildman–Crippen MR) is 79.6 cm³/mol. The minimum atomic E-state index is 0.389. The number of benzene rings is 1. The Bertz CT molecular complexity index is 516. The maximum Gasteiger partial charge on any atom is 0.0693 e. The Hall–Kier alpha value is -1.61. The van der Waals surface area contributed by atoms with Crippen LogP contribution in [-0.2, 0) is 0 Å². The third-order valence-electron chi connectivity index (χ3n) is 3.32. The summed E-state index contributed by atoms with van der Waals surface area (Å²) in [4.78, 5) is 0. The Kier molecular flexibility index (Phi) is 4.74. The molecule has 3 nitrogen and oxygen atoms in total. The van der Waals surface area contributed by atoms with E-state index in [-0.39, 0.29) is 0 Å². The lowest BCUT2D eigenvalue weighted by Crippen LogP contribution is -2.22. The quantitative estimate of drug-likeness (QED) is 0.856. The Morgan fingerprint density at radius 1 is 1.26 bits per heavy atom. The van der Waals surface area contributed by atoms with Crippen molar-refractivity contribution in [2.75, 3.05) is 6.54 Å². The number of hydrogen-bond acceptors (Lipinski definition) is 2. The molecule has 2 rings (SSSR count). The zero-order chi connectivity index (χ0) is 13.7. The van der Waals surface area contributed by atoms with Gasteiger partial charge in [-0.2, -0.15) is 5.10 Å². The van der Waals surface area contributed by atoms with Crippen molar-refractivity contribution in [3.63, 3.8) is 0 Å². The van der Waals surface area contributed by atoms with Crippen molar-refractivity contribution >= 4 is 0 Å². The monoisotopic (exact) mass is 257 g/mol. The van der Waals surface area contributed by atoms with Gasteiger partial charge in [0.1, 0.15) is 0 Å². The van der Waals surface area contributed by atoms with E-state index in [1.165, 1.54) is 16.8 Å². The number of aromatic nitrogens is 2. The number of nitrogens with one attached hydrogen (secondary N) is 1. The van der Waals surface area contributed by atoms with Gasteiger partial charge in [0.15, 0.2) is 0 Å². The van der Waals surface area contributed by atoms with Crippen LogP contribution >= 0.6 is 0 Å². The van der Waals surface area contributed by atoms with E-state index in [4.69, 9.17) is 0 Å². The maximum atomic E-state index is 4.43. The van der Waals surface area contributed by atoms with Gasteiger partial charge in [-0.05, 0) is 43.5 Å². The first-order chi connectivity index (χ1) is 9.26. The molecule has 1 unspecified atom stereocenters. The van der Waals surface area contributed by atoms with Gasteiger partial charge in [0.05, 0.1) is 11.9 Å². The summed E-state index contributed by atoms with van der Waals surface area (Å²) in [5, 5.41) is 8.04. The molecule has 0 aliphatic rings. The first-order valence-electron chi connectivity index (χ1n) is 7.10. The second-order valence-electron chi connectivity index (χ2n) is 4.94. The Morgan fingerprint density at radius 3 is 2.68 bits per heavy atom. The van der Waals surface area contributed by atoms with Gasteiger partial charge in [-0.1, -0.05) is 32.0 Å². The number of nitrogens with zero attached hydrogens (tertiary/aromatic N) is 2. The maximum absolute atomic E-state index is 4.43. The molecule has 2 aromatic rings. The van der Waals surface area contributed by atoms with Crippen molar-refractivity contribution < 1.29 is 0 Å². The van der Waals surface area contributed by atoms with Crippen LogP contribution in [0.3, 0.4) is 0 Å². The summed E-state index contributed by atoms with van der Waals surface area (Å²) in [6, 6.07) is 8.90. The highest BCUT2D eigenvalue weighted by Gasteiger charge is 2.13. The first-order valence-corrected chi connectivity index (χ1v) is 7.10. The number of aryl methyl sites for hydroxylation is 1. The highest BCUT2D eigenvalue weighted by atomic mass is 15.3. The Balaban J connectivity index is 2.34. The van der Waals surface area contributed by atoms with Gasteiger partial charge in [-0.25, -0.2) is 4.68 Å². The van der Waals surface area contributed by atoms with Gasteiger partial charge in [-0.15, -0.1) is 0 Å². The third-order valence-corrected chi connectivity index (χ3v) is 3.32. The van der Waals surface area contributed by atoms with Crippen molar-refractivity contribution in [3.8, 4) is 5.69 Å². The predicted octanol–water partition coefficient (Wildman–Crippen LogP) is 3.63. The summed E-state index contributed by atoms with van der Waals surface area (Å²) in [7, 11) is 0. The summed E-state index contributed by atoms with van der Waals surface area (Å²) in [5.74, 6) is 0. The first kappa shape index (κ1) is 13.8. The van der Waals surface area contributed by atoms with Crippen LogP contribution in [0, 0.1) is 6.92 Å². The molecular weight excluding hydrogens is 234 g/mol. The van der Waals surface area contributed by atoms with E-state index in [0.29, 0.717) is 6.04 Å². The number of rotatable bonds is 6. The molecule has 1 N–H and O–H groups in total. The van der Waals surface area contributed by atoms with E-state index in [1.54, 1.807) is 0 Å². The second kappa shape index (κ2) is 6.53. The smallest absolute Gasteiger partial charge is 0.0693 e. The lowest BCUT2D eigenvalue weighted by atomic mass is 10.0. The number of para-hydroxylation sites is 1. The van der Waals surface area contributed by atoms with E-state index in [0.717, 1.165) is 19.4 Å². The third kappa shape index (κ3) is 3.24. The molecule has 19 heavy (non-hydrogen) atoms. The van der Waals surface area contributed by atoms with Crippen LogP contribution in [0.4, 0.5) is 0 Å². The summed E-state index contributed by atoms with van der Waals surface area (Å²) < 4.78 is 1.97. The normalized spacial score (nSPS) is 12.6. The summed E-state index contributed by atoms with van der Waals surface area (Å²) in [5.41, 5.74) is 3.68. The molecule has 0 spiro atoms. The molecule has 102 valence electrons. The van der Waals surface area contributed by atoms with Crippen LogP contribution in [-0.4, -0.2) is 16.3 Å². The van der Waals surface area contributed by atoms with E-state index in [9.17, 15) is 0 Å². The molecule has 0 bridgehead atoms. The van der Waals surface area contributed by atoms with Crippen molar-refractivity contribution in [2.24, 2.45) is 0 Å². The van der Waals surface area contributed by atoms with Crippen molar-refractivity contribution in [3.05, 3.63) is 47.8 Å². The fourth-order valence-corrected chi connectivity index (χ4v) is 2.33. The molecule has 0 saturated heterocycles. The van der Waals surface area contributed by atoms with E-state index in [2.05, 4.69) is 61.6 Å². The zero-order valence-corrected chi connectivity index (χ0v) is 12.1. The van der Waals surface area contributed by atoms with Gasteiger partial charge in [0.25, 0.3) is 0 Å². The lowest BCUT2D eigenvalue weighted by Gasteiger charge is -2.20. The van der Waals surface area contributed by atoms with Crippen LogP contribution in [0.2, 0.25) is 0 Å². The van der Waals surface area contributed by atoms with Crippen LogP contribution in [0.15, 0.2) is 36.7 Å². The largest absolute Gasteiger partial charge is 0.310 e. The van der Waals surface area contributed by atoms with Crippen molar-refractivity contribution in [1.29, 1.82) is 0 Å². The van der Waals surface area contributed by atoms with Crippen LogP contribution in [0.25, 0.3) is 5.69 Å². The highest BCUT2D eigenvalue weighted by Crippen LogP contribution is 2.23. The average molecular weight is 257 g/mol. The van der Waals surface area contributed by atoms with Gasteiger partial charge in [0, 0.05) is 12.2 Å². The average Bonchev–Trinajstić information content (AvgIpc) is 2.87. The zero-order valence-electron chi connectivity index (χ0n) is 12.1. The fourth-order valence-electron chi connectivity index (χ4n) is 2.33. The minimum absolute atomic E-state index is 0.389. The molecular formula is C16H23N3. The van der Waals surface area contributed by atoms with Gasteiger partial charge in [0.2, 0.25) is 0 Å². The molecule has 3 heteroatoms. The lowest BCUT2D eigenvalue weighted by molar-refractivity contribution is 0.515. The molecule has 1 aromatic carbocycles. The van der Waals surface area contributed by atoms with Gasteiger partial charge >= 0.3 is 0 Å². The topological polar surface area (TPSA) is 29.9 Å². The SMILES string of the molecule is CCCNC(CC)c1ccccc1-n1cc(C)cn1. The van der Waals surface area contributed by atoms with Crippen LogP contribution in [0.1, 0.15) is 43.9 Å². The Labute approximate surface area is 115 Å². The molecule has 1 atom stereocenters. The van der Waals surface area contributed by atoms with E-state index >= 15 is 0 Å². The van der Waals surface area contributed by atoms with Crippen molar-refractivity contribution in [1.82, 2.24) is 15.1 Å². The minimum Gasteiger partial charge on any atom is -0.310 e. The van der Waals surface area contributed by atoms with Gasteiger partial charge < -0.3 is 5.32 Å². The highest BCUT2D eigenvalue weighted by molar-refractivity contribution is 5.42. The van der Waals surface area contributed by atoms with Crippen LogP contribution in [0.5, 0.6) is 0 Å². The Morgan fingerprint density at radius 2 is 2.05 bits per heavy atom. The molecule has 0 amide bonds. The fraction of sp³-hybridized carbons (Fsp3) is 0.438. The number of hydrogen-bond donors (Lipinski definition) is 1. The molecule has 0 aliphatic carbocycles. The molecule has 1 aromatic heterocycles. The molecule has 1 heterocycles. The standard InChI is InChI=1S/C16H23N3/c1-4-10-17-15(5-2)14-8-6-7-9-16(14)19-12-13(3)11-18-19/h6-9,11-12,15,17H,4-5,10H2,1-3H3. The second-order valence-corrected chi connectivity index (χ2v) is 4.94. The molecule has 0 radical (unpaired) electrons. The summed E-state index contributed by atoms with van der Waals surface area (Å²) in [6.07, 6.45) is 6.21. The molecule has 0 fully saturated rings. The van der Waals surface area contributed by atoms with Crippen LogP contribution < -0.4 is 5.32 Å². The molecule has 0 saturated carbocycles. The summed E-state index contributed by atoms with van der Waals surface area (Å²) >= 11 is 0. The van der Waals surface area contributed by atoms with Crippen molar-refractivity contribution in [2.45, 2.75) is 39.7 Å². The van der Waals surface area contributed by atoms with Gasteiger partial charge in [-0.3, -0.25) is 0 Å². The molecule has 0 aliphatic heterocycles. The van der Waals surface area contributed by atoms with E-state index in [1.807, 2.05) is 10.9 Å².